The molecule has 2 N–H and O–H groups in total. The molecule has 0 spiro atoms. The van der Waals surface area contributed by atoms with Gasteiger partial charge in [-0.2, -0.15) is 0 Å². The van der Waals surface area contributed by atoms with Crippen LogP contribution in [-0.4, -0.2) is 32.0 Å². The Kier molecular flexibility index (Phi) is 6.52. The van der Waals surface area contributed by atoms with E-state index in [-0.39, 0.29) is 35.1 Å². The van der Waals surface area contributed by atoms with Gasteiger partial charge in [0.25, 0.3) is 5.69 Å². The Balaban J connectivity index is 0.00000264. The van der Waals surface area contributed by atoms with Crippen LogP contribution in [0.15, 0.2) is 17.0 Å². The molecule has 0 aliphatic carbocycles. The summed E-state index contributed by atoms with van der Waals surface area (Å²) in [7, 11) is -3.80. The predicted molar refractivity (Wildman–Crippen MR) is 90.6 cm³/mol. The first-order valence-corrected chi connectivity index (χ1v) is 8.72. The highest BCUT2D eigenvalue weighted by Gasteiger charge is 2.29. The molecule has 0 radical (unpaired) electrons. The van der Waals surface area contributed by atoms with E-state index in [1.165, 1.54) is 6.07 Å². The maximum atomic E-state index is 12.6. The summed E-state index contributed by atoms with van der Waals surface area (Å²) in [6.45, 7) is 6.13. The van der Waals surface area contributed by atoms with Gasteiger partial charge in [0, 0.05) is 24.2 Å². The number of hydrogen-bond acceptors (Lipinski definition) is 5. The molecule has 1 aromatic carbocycles. The second-order valence-corrected chi connectivity index (χ2v) is 7.44. The van der Waals surface area contributed by atoms with E-state index in [1.54, 1.807) is 13.8 Å². The number of nitro groups is 1. The van der Waals surface area contributed by atoms with Crippen LogP contribution in [0.3, 0.4) is 0 Å². The highest BCUT2D eigenvalue weighted by molar-refractivity contribution is 7.89. The van der Waals surface area contributed by atoms with Crippen molar-refractivity contribution in [3.05, 3.63) is 33.4 Å². The number of rotatable bonds is 4. The number of benzene rings is 1. The Morgan fingerprint density at radius 1 is 1.35 bits per heavy atom. The van der Waals surface area contributed by atoms with Crippen LogP contribution in [0.2, 0.25) is 0 Å². The maximum absolute atomic E-state index is 12.6. The Morgan fingerprint density at radius 3 is 2.57 bits per heavy atom. The van der Waals surface area contributed by atoms with Crippen LogP contribution < -0.4 is 10.0 Å². The third kappa shape index (κ3) is 4.41. The van der Waals surface area contributed by atoms with Gasteiger partial charge in [-0.3, -0.25) is 10.1 Å². The van der Waals surface area contributed by atoms with Gasteiger partial charge in [0.1, 0.15) is 0 Å². The fourth-order valence-corrected chi connectivity index (χ4v) is 4.35. The molecule has 1 aromatic rings. The molecule has 1 aliphatic rings. The summed E-state index contributed by atoms with van der Waals surface area (Å²) in [5.41, 5.74) is 0.914. The molecular weight excluding hydrogens is 342 g/mol. The van der Waals surface area contributed by atoms with Crippen molar-refractivity contribution in [2.45, 2.75) is 50.6 Å². The molecule has 2 unspecified atom stereocenters. The summed E-state index contributed by atoms with van der Waals surface area (Å²) < 4.78 is 27.9. The Morgan fingerprint density at radius 2 is 2.00 bits per heavy atom. The molecule has 1 fully saturated rings. The second kappa shape index (κ2) is 7.57. The Bertz CT molecular complexity index is 694. The monoisotopic (exact) mass is 363 g/mol. The van der Waals surface area contributed by atoms with Crippen LogP contribution in [0.1, 0.15) is 30.9 Å². The summed E-state index contributed by atoms with van der Waals surface area (Å²) in [5, 5.41) is 14.2. The third-order valence-electron chi connectivity index (χ3n) is 4.17. The molecule has 7 nitrogen and oxygen atoms in total. The van der Waals surface area contributed by atoms with Crippen molar-refractivity contribution < 1.29 is 13.3 Å². The third-order valence-corrected chi connectivity index (χ3v) is 5.79. The van der Waals surface area contributed by atoms with Crippen LogP contribution in [0.5, 0.6) is 0 Å². The lowest BCUT2D eigenvalue weighted by Crippen LogP contribution is -2.51. The first kappa shape index (κ1) is 19.8. The molecule has 0 saturated carbocycles. The molecule has 1 saturated heterocycles. The van der Waals surface area contributed by atoms with Gasteiger partial charge in [-0.25, -0.2) is 13.1 Å². The predicted octanol–water partition coefficient (Wildman–Crippen LogP) is 2.05. The number of aryl methyl sites for hydroxylation is 1. The van der Waals surface area contributed by atoms with Crippen LogP contribution in [0.25, 0.3) is 0 Å². The number of nitrogens with zero attached hydrogens (tertiary/aromatic N) is 1. The number of nitrogens with one attached hydrogen (secondary N) is 2. The number of nitro benzene ring substituents is 1. The van der Waals surface area contributed by atoms with E-state index >= 15 is 0 Å². The fraction of sp³-hybridized carbons (Fsp3) is 0.571. The molecule has 23 heavy (non-hydrogen) atoms. The standard InChI is InChI=1S/C14H21N3O4S.ClH/c1-9-7-12(17(18)19)8-14(10(9)2)22(20,21)16-13-5-4-6-15-11(13)3;/h7-8,11,13,15-16H,4-6H2,1-3H3;1H. The lowest BCUT2D eigenvalue weighted by molar-refractivity contribution is -0.385. The van der Waals surface area contributed by atoms with Gasteiger partial charge >= 0.3 is 0 Å². The summed E-state index contributed by atoms with van der Waals surface area (Å²) in [4.78, 5) is 10.4. The lowest BCUT2D eigenvalue weighted by atomic mass is 10.0. The van der Waals surface area contributed by atoms with E-state index in [2.05, 4.69) is 10.0 Å². The lowest BCUT2D eigenvalue weighted by Gasteiger charge is -2.30. The summed E-state index contributed by atoms with van der Waals surface area (Å²) >= 11 is 0. The van der Waals surface area contributed by atoms with Gasteiger partial charge in [-0.15, -0.1) is 12.4 Å². The number of halogens is 1. The molecule has 1 heterocycles. The summed E-state index contributed by atoms with van der Waals surface area (Å²) in [5.74, 6) is 0. The van der Waals surface area contributed by atoms with Gasteiger partial charge in [0.15, 0.2) is 0 Å². The maximum Gasteiger partial charge on any atom is 0.271 e. The van der Waals surface area contributed by atoms with Crippen molar-refractivity contribution in [1.29, 1.82) is 0 Å². The minimum absolute atomic E-state index is 0. The largest absolute Gasteiger partial charge is 0.313 e. The smallest absolute Gasteiger partial charge is 0.271 e. The minimum Gasteiger partial charge on any atom is -0.313 e. The van der Waals surface area contributed by atoms with E-state index < -0.39 is 14.9 Å². The van der Waals surface area contributed by atoms with Crippen molar-refractivity contribution in [3.63, 3.8) is 0 Å². The van der Waals surface area contributed by atoms with E-state index in [4.69, 9.17) is 0 Å². The van der Waals surface area contributed by atoms with E-state index in [1.807, 2.05) is 6.92 Å². The van der Waals surface area contributed by atoms with Crippen LogP contribution in [0, 0.1) is 24.0 Å². The normalized spacial score (nSPS) is 21.5. The van der Waals surface area contributed by atoms with Crippen molar-refractivity contribution >= 4 is 28.1 Å². The van der Waals surface area contributed by atoms with Gasteiger partial charge in [0.2, 0.25) is 10.0 Å². The highest BCUT2D eigenvalue weighted by Crippen LogP contribution is 2.26. The van der Waals surface area contributed by atoms with Gasteiger partial charge in [-0.1, -0.05) is 0 Å². The molecule has 130 valence electrons. The minimum atomic E-state index is -3.80. The Labute approximate surface area is 142 Å². The molecule has 2 atom stereocenters. The van der Waals surface area contributed by atoms with Gasteiger partial charge < -0.3 is 5.32 Å². The molecular formula is C14H22ClN3O4S. The molecule has 1 aliphatic heterocycles. The van der Waals surface area contributed by atoms with Crippen molar-refractivity contribution in [2.24, 2.45) is 0 Å². The van der Waals surface area contributed by atoms with Gasteiger partial charge in [0.05, 0.1) is 9.82 Å². The average molecular weight is 364 g/mol. The molecule has 9 heteroatoms. The van der Waals surface area contributed by atoms with Crippen molar-refractivity contribution in [2.75, 3.05) is 6.54 Å². The average Bonchev–Trinajstić information content (AvgIpc) is 2.43. The zero-order valence-electron chi connectivity index (χ0n) is 13.3. The highest BCUT2D eigenvalue weighted by atomic mass is 35.5. The summed E-state index contributed by atoms with van der Waals surface area (Å²) in [6, 6.07) is 2.34. The number of non-ortho nitro benzene ring substituents is 1. The quantitative estimate of drug-likeness (QED) is 0.629. The molecule has 0 aromatic heterocycles. The number of piperidine rings is 1. The van der Waals surface area contributed by atoms with E-state index in [0.717, 1.165) is 25.5 Å². The van der Waals surface area contributed by atoms with Crippen molar-refractivity contribution in [1.82, 2.24) is 10.0 Å². The summed E-state index contributed by atoms with van der Waals surface area (Å²) in [6.07, 6.45) is 1.64. The van der Waals surface area contributed by atoms with E-state index in [9.17, 15) is 18.5 Å². The molecule has 0 bridgehead atoms. The molecule has 0 amide bonds. The van der Waals surface area contributed by atoms with E-state index in [0.29, 0.717) is 11.1 Å². The zero-order chi connectivity index (χ0) is 16.5. The zero-order valence-corrected chi connectivity index (χ0v) is 15.0. The van der Waals surface area contributed by atoms with Crippen LogP contribution in [-0.2, 0) is 10.0 Å². The number of hydrogen-bond donors (Lipinski definition) is 2. The first-order valence-electron chi connectivity index (χ1n) is 7.23. The second-order valence-electron chi connectivity index (χ2n) is 5.76. The Hall–Kier alpha value is -1.22. The fourth-order valence-electron chi connectivity index (χ4n) is 2.66. The SMILES string of the molecule is Cc1cc([N+](=O)[O-])cc(S(=O)(=O)NC2CCCNC2C)c1C.Cl. The van der Waals surface area contributed by atoms with Crippen molar-refractivity contribution in [3.8, 4) is 0 Å². The van der Waals surface area contributed by atoms with Gasteiger partial charge in [-0.05, 0) is 51.3 Å². The number of sulfonamides is 1. The first-order chi connectivity index (χ1) is 10.2. The molecule has 2 rings (SSSR count). The van der Waals surface area contributed by atoms with Crippen LogP contribution >= 0.6 is 12.4 Å². The topological polar surface area (TPSA) is 101 Å². The van der Waals surface area contributed by atoms with Crippen LogP contribution in [0.4, 0.5) is 5.69 Å².